The molecule has 0 bridgehead atoms. The van der Waals surface area contributed by atoms with E-state index in [4.69, 9.17) is 21.4 Å². The van der Waals surface area contributed by atoms with Gasteiger partial charge in [-0.25, -0.2) is 0 Å². The number of hydrogen-bond acceptors (Lipinski definition) is 6. The van der Waals surface area contributed by atoms with Crippen molar-refractivity contribution in [1.29, 1.82) is 0 Å². The lowest BCUT2D eigenvalue weighted by atomic mass is 9.84. The molecule has 0 aromatic rings. The summed E-state index contributed by atoms with van der Waals surface area (Å²) in [5.41, 5.74) is 10.3. The van der Waals surface area contributed by atoms with E-state index >= 15 is 0 Å². The maximum Gasteiger partial charge on any atom is 0.317 e. The number of amides is 2. The van der Waals surface area contributed by atoms with E-state index in [0.29, 0.717) is 25.3 Å². The topological polar surface area (TPSA) is 172 Å². The predicted octanol–water partition coefficient (Wildman–Crippen LogP) is -0.298. The first-order chi connectivity index (χ1) is 14.9. The van der Waals surface area contributed by atoms with Gasteiger partial charge in [0.05, 0.1) is 19.1 Å². The van der Waals surface area contributed by atoms with Crippen molar-refractivity contribution in [2.24, 2.45) is 22.5 Å². The van der Waals surface area contributed by atoms with Crippen LogP contribution in [0.4, 0.5) is 0 Å². The Morgan fingerprint density at radius 2 is 1.81 bits per heavy atom. The zero-order chi connectivity index (χ0) is 22.6. The highest BCUT2D eigenvalue weighted by atomic mass is 16.6. The number of aliphatic carboxylic acids is 1. The molecule has 2 aliphatic rings. The molecule has 11 heteroatoms. The van der Waals surface area contributed by atoms with Crippen LogP contribution in [0.2, 0.25) is 0 Å². The lowest BCUT2D eigenvalue weighted by Crippen LogP contribution is -2.57. The minimum Gasteiger partial charge on any atom is -0.480 e. The summed E-state index contributed by atoms with van der Waals surface area (Å²) in [5.74, 6) is -1.25. The summed E-state index contributed by atoms with van der Waals surface area (Å²) >= 11 is 0. The van der Waals surface area contributed by atoms with Crippen molar-refractivity contribution >= 4 is 23.7 Å². The number of carbonyl (C=O) groups is 3. The number of nitrogens with one attached hydrogen (secondary N) is 2. The lowest BCUT2D eigenvalue weighted by molar-refractivity contribution is -0.145. The van der Waals surface area contributed by atoms with Gasteiger partial charge in [0, 0.05) is 6.54 Å². The second-order valence-corrected chi connectivity index (χ2v) is 8.25. The average molecular weight is 441 g/mol. The Labute approximate surface area is 182 Å². The van der Waals surface area contributed by atoms with E-state index in [9.17, 15) is 14.4 Å². The highest BCUT2D eigenvalue weighted by Gasteiger charge is 2.36. The van der Waals surface area contributed by atoms with Crippen LogP contribution in [0.3, 0.4) is 0 Å². The maximum absolute atomic E-state index is 13.4. The fourth-order valence-corrected chi connectivity index (χ4v) is 4.36. The summed E-state index contributed by atoms with van der Waals surface area (Å²) in [6.07, 6.45) is 8.43. The number of carboxylic acid groups (broad SMARTS) is 1. The van der Waals surface area contributed by atoms with Gasteiger partial charge in [-0.05, 0) is 36.8 Å². The maximum atomic E-state index is 13.4. The van der Waals surface area contributed by atoms with E-state index in [2.05, 4.69) is 15.8 Å². The Bertz CT molecular complexity index is 634. The first-order valence-electron chi connectivity index (χ1n) is 11.1. The molecule has 7 N–H and O–H groups in total. The van der Waals surface area contributed by atoms with Gasteiger partial charge < -0.3 is 31.6 Å². The molecular weight excluding hydrogens is 404 g/mol. The summed E-state index contributed by atoms with van der Waals surface area (Å²) in [4.78, 5) is 43.7. The van der Waals surface area contributed by atoms with Crippen LogP contribution < -0.4 is 22.1 Å². The quantitative estimate of drug-likeness (QED) is 0.126. The molecule has 1 saturated heterocycles. The third-order valence-electron chi connectivity index (χ3n) is 5.84. The zero-order valence-electron chi connectivity index (χ0n) is 18.1. The SMILES string of the molecule is NC(N)=NOCCNC(=O)[C@@H]1CCCCN1C(=O)C(CC1CCCCC1)NCC(=O)O. The van der Waals surface area contributed by atoms with Gasteiger partial charge in [0.2, 0.25) is 17.8 Å². The van der Waals surface area contributed by atoms with Crippen molar-refractivity contribution in [3.63, 3.8) is 0 Å². The minimum absolute atomic E-state index is 0.106. The monoisotopic (exact) mass is 440 g/mol. The average Bonchev–Trinajstić information content (AvgIpc) is 2.76. The normalized spacial score (nSPS) is 20.5. The smallest absolute Gasteiger partial charge is 0.317 e. The number of oxime groups is 1. The number of hydrogen-bond donors (Lipinski definition) is 5. The van der Waals surface area contributed by atoms with Crippen LogP contribution in [0.5, 0.6) is 0 Å². The molecule has 2 fully saturated rings. The number of carboxylic acids is 1. The Balaban J connectivity index is 1.98. The molecule has 2 rings (SSSR count). The predicted molar refractivity (Wildman–Crippen MR) is 115 cm³/mol. The van der Waals surface area contributed by atoms with Crippen LogP contribution in [0.25, 0.3) is 0 Å². The Morgan fingerprint density at radius 3 is 2.48 bits per heavy atom. The van der Waals surface area contributed by atoms with Crippen molar-refractivity contribution in [3.05, 3.63) is 0 Å². The highest BCUT2D eigenvalue weighted by Crippen LogP contribution is 2.28. The van der Waals surface area contributed by atoms with Crippen molar-refractivity contribution in [3.8, 4) is 0 Å². The van der Waals surface area contributed by atoms with Gasteiger partial charge in [0.25, 0.3) is 0 Å². The molecule has 1 heterocycles. The molecule has 2 atom stereocenters. The fourth-order valence-electron chi connectivity index (χ4n) is 4.36. The molecule has 1 aliphatic heterocycles. The molecule has 0 aromatic heterocycles. The van der Waals surface area contributed by atoms with Gasteiger partial charge in [-0.2, -0.15) is 0 Å². The van der Waals surface area contributed by atoms with Crippen molar-refractivity contribution < 1.29 is 24.3 Å². The summed E-state index contributed by atoms with van der Waals surface area (Å²) in [5, 5.41) is 18.1. The van der Waals surface area contributed by atoms with Crippen molar-refractivity contribution in [2.45, 2.75) is 69.9 Å². The molecule has 1 aliphatic carbocycles. The number of likely N-dealkylation sites (tertiary alicyclic amines) is 1. The molecular formula is C20H36N6O5. The van der Waals surface area contributed by atoms with Crippen LogP contribution >= 0.6 is 0 Å². The van der Waals surface area contributed by atoms with Gasteiger partial charge in [0.1, 0.15) is 12.6 Å². The molecule has 31 heavy (non-hydrogen) atoms. The van der Waals surface area contributed by atoms with E-state index < -0.39 is 18.1 Å². The third kappa shape index (κ3) is 8.60. The van der Waals surface area contributed by atoms with Crippen LogP contribution in [0, 0.1) is 5.92 Å². The lowest BCUT2D eigenvalue weighted by Gasteiger charge is -2.38. The van der Waals surface area contributed by atoms with Crippen LogP contribution in [0.15, 0.2) is 5.16 Å². The first-order valence-corrected chi connectivity index (χ1v) is 11.1. The van der Waals surface area contributed by atoms with Gasteiger partial charge in [-0.3, -0.25) is 19.7 Å². The molecule has 0 aromatic carbocycles. The largest absolute Gasteiger partial charge is 0.480 e. The van der Waals surface area contributed by atoms with Gasteiger partial charge in [0.15, 0.2) is 0 Å². The minimum atomic E-state index is -1.00. The number of nitrogens with zero attached hydrogens (tertiary/aromatic N) is 2. The summed E-state index contributed by atoms with van der Waals surface area (Å²) in [7, 11) is 0. The molecule has 0 radical (unpaired) electrons. The number of carbonyl (C=O) groups excluding carboxylic acids is 2. The standard InChI is InChI=1S/C20H36N6O5/c21-20(22)25-31-11-9-23-18(29)16-8-4-5-10-26(16)19(30)15(24-13-17(27)28)12-14-6-2-1-3-7-14/h14-16,24H,1-13H2,(H,23,29)(H,27,28)(H4,21,22,25)/t15?,16-/m0/s1. The van der Waals surface area contributed by atoms with Crippen LogP contribution in [0.1, 0.15) is 57.8 Å². The summed E-state index contributed by atoms with van der Waals surface area (Å²) in [6, 6.07) is -1.18. The van der Waals surface area contributed by atoms with E-state index in [0.717, 1.165) is 38.5 Å². The number of guanidine groups is 1. The van der Waals surface area contributed by atoms with E-state index in [-0.39, 0.29) is 37.5 Å². The van der Waals surface area contributed by atoms with E-state index in [1.807, 2.05) is 0 Å². The second kappa shape index (κ2) is 13.0. The summed E-state index contributed by atoms with van der Waals surface area (Å²) < 4.78 is 0. The van der Waals surface area contributed by atoms with Gasteiger partial charge >= 0.3 is 5.97 Å². The zero-order valence-corrected chi connectivity index (χ0v) is 18.1. The molecule has 1 saturated carbocycles. The first kappa shape index (κ1) is 24.7. The molecule has 176 valence electrons. The highest BCUT2D eigenvalue weighted by molar-refractivity contribution is 5.90. The van der Waals surface area contributed by atoms with Crippen LogP contribution in [-0.4, -0.2) is 72.1 Å². The van der Waals surface area contributed by atoms with Crippen LogP contribution in [-0.2, 0) is 19.2 Å². The van der Waals surface area contributed by atoms with E-state index in [1.165, 1.54) is 6.42 Å². The van der Waals surface area contributed by atoms with Crippen molar-refractivity contribution in [1.82, 2.24) is 15.5 Å². The van der Waals surface area contributed by atoms with Gasteiger partial charge in [-0.1, -0.05) is 32.1 Å². The molecule has 1 unspecified atom stereocenters. The van der Waals surface area contributed by atoms with Gasteiger partial charge in [-0.15, -0.1) is 0 Å². The van der Waals surface area contributed by atoms with E-state index in [1.54, 1.807) is 4.90 Å². The molecule has 2 amide bonds. The Hall–Kier alpha value is -2.56. The fraction of sp³-hybridized carbons (Fsp3) is 0.800. The van der Waals surface area contributed by atoms with Crippen molar-refractivity contribution in [2.75, 3.05) is 26.2 Å². The summed E-state index contributed by atoms with van der Waals surface area (Å²) in [6.45, 7) is 0.513. The Morgan fingerprint density at radius 1 is 1.10 bits per heavy atom. The molecule has 11 nitrogen and oxygen atoms in total. The second-order valence-electron chi connectivity index (χ2n) is 8.25. The number of rotatable bonds is 11. The Kier molecular flexibility index (Phi) is 10.3. The molecule has 0 spiro atoms. The number of piperidine rings is 1. The number of nitrogens with two attached hydrogens (primary N) is 2. The third-order valence-corrected chi connectivity index (χ3v) is 5.84.